The first-order chi connectivity index (χ1) is 6.68. The molecule has 2 rings (SSSR count). The molecule has 5 heteroatoms. The Labute approximate surface area is 79.1 Å². The smallest absolute Gasteiger partial charge is 0.307 e. The van der Waals surface area contributed by atoms with Crippen molar-refractivity contribution in [2.45, 2.75) is 6.42 Å². The second-order valence-electron chi connectivity index (χ2n) is 2.93. The standard InChI is InChI=1S/C9H8N2O3/c10-9-8-5(4-7(12)13)2-1-3-6(8)14-11-9/h1-3H,4H2,(H2,10,11)(H,12,13). The van der Waals surface area contributed by atoms with E-state index in [4.69, 9.17) is 15.4 Å². The van der Waals surface area contributed by atoms with Gasteiger partial charge in [-0.25, -0.2) is 0 Å². The summed E-state index contributed by atoms with van der Waals surface area (Å²) < 4.78 is 4.90. The van der Waals surface area contributed by atoms with Gasteiger partial charge in [0.2, 0.25) is 0 Å². The van der Waals surface area contributed by atoms with Crippen molar-refractivity contribution >= 4 is 22.8 Å². The number of nitrogen functional groups attached to an aromatic ring is 1. The predicted molar refractivity (Wildman–Crippen MR) is 49.8 cm³/mol. The molecule has 0 fully saturated rings. The van der Waals surface area contributed by atoms with Gasteiger partial charge >= 0.3 is 5.97 Å². The summed E-state index contributed by atoms with van der Waals surface area (Å²) >= 11 is 0. The van der Waals surface area contributed by atoms with E-state index in [2.05, 4.69) is 5.16 Å². The Morgan fingerprint density at radius 1 is 1.57 bits per heavy atom. The van der Waals surface area contributed by atoms with E-state index >= 15 is 0 Å². The summed E-state index contributed by atoms with van der Waals surface area (Å²) in [6, 6.07) is 5.11. The van der Waals surface area contributed by atoms with Crippen LogP contribution in [-0.4, -0.2) is 16.2 Å². The number of hydrogen-bond donors (Lipinski definition) is 2. The Morgan fingerprint density at radius 3 is 3.07 bits per heavy atom. The Hall–Kier alpha value is -2.04. The third kappa shape index (κ3) is 1.28. The van der Waals surface area contributed by atoms with Gasteiger partial charge in [-0.15, -0.1) is 0 Å². The minimum atomic E-state index is -0.905. The van der Waals surface area contributed by atoms with E-state index in [0.717, 1.165) is 0 Å². The first-order valence-electron chi connectivity index (χ1n) is 4.03. The second kappa shape index (κ2) is 3.02. The molecule has 0 radical (unpaired) electrons. The number of benzene rings is 1. The zero-order valence-corrected chi connectivity index (χ0v) is 7.23. The molecular formula is C9H8N2O3. The van der Waals surface area contributed by atoms with Gasteiger partial charge in [0.25, 0.3) is 0 Å². The molecule has 3 N–H and O–H groups in total. The van der Waals surface area contributed by atoms with Crippen LogP contribution in [0.4, 0.5) is 5.82 Å². The lowest BCUT2D eigenvalue weighted by Gasteiger charge is -1.97. The number of nitrogens with two attached hydrogens (primary N) is 1. The van der Waals surface area contributed by atoms with Gasteiger partial charge in [0.1, 0.15) is 0 Å². The lowest BCUT2D eigenvalue weighted by molar-refractivity contribution is -0.136. The van der Waals surface area contributed by atoms with Crippen molar-refractivity contribution < 1.29 is 14.4 Å². The van der Waals surface area contributed by atoms with Crippen LogP contribution in [0.3, 0.4) is 0 Å². The zero-order valence-electron chi connectivity index (χ0n) is 7.23. The number of carbonyl (C=O) groups is 1. The number of hydrogen-bond acceptors (Lipinski definition) is 4. The molecule has 0 saturated heterocycles. The van der Waals surface area contributed by atoms with Crippen molar-refractivity contribution in [3.8, 4) is 0 Å². The van der Waals surface area contributed by atoms with Crippen LogP contribution < -0.4 is 5.73 Å². The predicted octanol–water partition coefficient (Wildman–Crippen LogP) is 1.04. The lowest BCUT2D eigenvalue weighted by atomic mass is 10.1. The normalized spacial score (nSPS) is 10.6. The van der Waals surface area contributed by atoms with Gasteiger partial charge in [-0.2, -0.15) is 0 Å². The molecule has 1 heterocycles. The molecule has 0 unspecified atom stereocenters. The average Bonchev–Trinajstić information content (AvgIpc) is 2.48. The molecule has 2 aromatic rings. The second-order valence-corrected chi connectivity index (χ2v) is 2.93. The van der Waals surface area contributed by atoms with E-state index < -0.39 is 5.97 Å². The summed E-state index contributed by atoms with van der Waals surface area (Å²) in [5, 5.41) is 12.8. The molecular weight excluding hydrogens is 184 g/mol. The molecule has 72 valence electrons. The summed E-state index contributed by atoms with van der Waals surface area (Å²) in [6.45, 7) is 0. The maximum atomic E-state index is 10.6. The van der Waals surface area contributed by atoms with Crippen LogP contribution in [0.5, 0.6) is 0 Å². The molecule has 0 amide bonds. The topological polar surface area (TPSA) is 89.4 Å². The minimum Gasteiger partial charge on any atom is -0.481 e. The van der Waals surface area contributed by atoms with Crippen LogP contribution in [0.2, 0.25) is 0 Å². The summed E-state index contributed by atoms with van der Waals surface area (Å²) in [6.07, 6.45) is -0.0806. The Balaban J connectivity index is 2.63. The van der Waals surface area contributed by atoms with Crippen LogP contribution in [0.1, 0.15) is 5.56 Å². The van der Waals surface area contributed by atoms with E-state index in [-0.39, 0.29) is 12.2 Å². The molecule has 1 aromatic heterocycles. The summed E-state index contributed by atoms with van der Waals surface area (Å²) in [4.78, 5) is 10.6. The first-order valence-corrected chi connectivity index (χ1v) is 4.03. The highest BCUT2D eigenvalue weighted by molar-refractivity contribution is 5.92. The van der Waals surface area contributed by atoms with Crippen molar-refractivity contribution in [3.63, 3.8) is 0 Å². The quantitative estimate of drug-likeness (QED) is 0.741. The average molecular weight is 192 g/mol. The lowest BCUT2D eigenvalue weighted by Crippen LogP contribution is -2.00. The molecule has 5 nitrogen and oxygen atoms in total. The molecule has 0 aliphatic rings. The van der Waals surface area contributed by atoms with E-state index in [1.54, 1.807) is 18.2 Å². The van der Waals surface area contributed by atoms with Gasteiger partial charge in [-0.1, -0.05) is 17.3 Å². The number of carboxylic acid groups (broad SMARTS) is 1. The van der Waals surface area contributed by atoms with Crippen molar-refractivity contribution in [2.75, 3.05) is 5.73 Å². The third-order valence-corrected chi connectivity index (χ3v) is 1.95. The van der Waals surface area contributed by atoms with Crippen LogP contribution in [0.25, 0.3) is 11.0 Å². The number of rotatable bonds is 2. The highest BCUT2D eigenvalue weighted by Crippen LogP contribution is 2.24. The third-order valence-electron chi connectivity index (χ3n) is 1.95. The summed E-state index contributed by atoms with van der Waals surface area (Å²) in [7, 11) is 0. The first kappa shape index (κ1) is 8.55. The highest BCUT2D eigenvalue weighted by atomic mass is 16.5. The van der Waals surface area contributed by atoms with Gasteiger partial charge in [0.05, 0.1) is 11.8 Å². The molecule has 0 bridgehead atoms. The van der Waals surface area contributed by atoms with Gasteiger partial charge in [-0.05, 0) is 11.6 Å². The van der Waals surface area contributed by atoms with Crippen LogP contribution >= 0.6 is 0 Å². The van der Waals surface area contributed by atoms with Crippen LogP contribution in [-0.2, 0) is 11.2 Å². The number of carboxylic acids is 1. The zero-order chi connectivity index (χ0) is 10.1. The SMILES string of the molecule is Nc1noc2cccc(CC(=O)O)c12. The minimum absolute atomic E-state index is 0.0806. The summed E-state index contributed by atoms with van der Waals surface area (Å²) in [5.74, 6) is -0.671. The van der Waals surface area contributed by atoms with E-state index in [1.807, 2.05) is 0 Å². The number of fused-ring (bicyclic) bond motifs is 1. The van der Waals surface area contributed by atoms with Crippen molar-refractivity contribution in [3.05, 3.63) is 23.8 Å². The molecule has 14 heavy (non-hydrogen) atoms. The Kier molecular flexibility index (Phi) is 1.85. The van der Waals surface area contributed by atoms with Gasteiger partial charge in [0.15, 0.2) is 11.4 Å². The Morgan fingerprint density at radius 2 is 2.36 bits per heavy atom. The molecule has 1 aromatic carbocycles. The van der Waals surface area contributed by atoms with Gasteiger partial charge in [-0.3, -0.25) is 4.79 Å². The van der Waals surface area contributed by atoms with Crippen LogP contribution in [0, 0.1) is 0 Å². The number of nitrogens with zero attached hydrogens (tertiary/aromatic N) is 1. The maximum absolute atomic E-state index is 10.6. The van der Waals surface area contributed by atoms with Crippen molar-refractivity contribution in [1.29, 1.82) is 0 Å². The van der Waals surface area contributed by atoms with Crippen molar-refractivity contribution in [1.82, 2.24) is 5.16 Å². The molecule has 0 spiro atoms. The largest absolute Gasteiger partial charge is 0.481 e. The fourth-order valence-corrected chi connectivity index (χ4v) is 1.40. The van der Waals surface area contributed by atoms with Crippen molar-refractivity contribution in [2.24, 2.45) is 0 Å². The molecule has 0 aliphatic carbocycles. The molecule has 0 atom stereocenters. The van der Waals surface area contributed by atoms with E-state index in [0.29, 0.717) is 16.5 Å². The fourth-order valence-electron chi connectivity index (χ4n) is 1.40. The number of aliphatic carboxylic acids is 1. The monoisotopic (exact) mass is 192 g/mol. The maximum Gasteiger partial charge on any atom is 0.307 e. The highest BCUT2D eigenvalue weighted by Gasteiger charge is 2.11. The number of aromatic nitrogens is 1. The van der Waals surface area contributed by atoms with Gasteiger partial charge < -0.3 is 15.4 Å². The Bertz CT molecular complexity index is 490. The van der Waals surface area contributed by atoms with E-state index in [1.165, 1.54) is 0 Å². The number of anilines is 1. The van der Waals surface area contributed by atoms with E-state index in [9.17, 15) is 4.79 Å². The fraction of sp³-hybridized carbons (Fsp3) is 0.111. The molecule has 0 aliphatic heterocycles. The van der Waals surface area contributed by atoms with Crippen LogP contribution in [0.15, 0.2) is 22.7 Å². The van der Waals surface area contributed by atoms with Gasteiger partial charge in [0, 0.05) is 0 Å². The summed E-state index contributed by atoms with van der Waals surface area (Å²) in [5.41, 5.74) is 6.69. The molecule has 0 saturated carbocycles.